The van der Waals surface area contributed by atoms with Crippen molar-refractivity contribution in [2.45, 2.75) is 102 Å². The number of nitrogens with zero attached hydrogens (tertiary/aromatic N) is 1. The topological polar surface area (TPSA) is 23.8 Å². The molecule has 2 aliphatic carbocycles. The molecule has 3 heteroatoms. The molecule has 0 spiro atoms. The van der Waals surface area contributed by atoms with Gasteiger partial charge in [-0.3, -0.25) is 0 Å². The molecule has 0 saturated heterocycles. The van der Waals surface area contributed by atoms with Crippen molar-refractivity contribution in [3.63, 3.8) is 0 Å². The summed E-state index contributed by atoms with van der Waals surface area (Å²) >= 11 is 0. The number of halogens is 2. The average Bonchev–Trinajstić information content (AvgIpc) is 2.81. The predicted molar refractivity (Wildman–Crippen MR) is 124 cm³/mol. The Labute approximate surface area is 187 Å². The highest BCUT2D eigenvalue weighted by Crippen LogP contribution is 2.40. The van der Waals surface area contributed by atoms with Crippen molar-refractivity contribution in [2.24, 2.45) is 17.8 Å². The second-order valence-electron chi connectivity index (χ2n) is 10.0. The minimum absolute atomic E-state index is 0.151. The van der Waals surface area contributed by atoms with E-state index in [1.54, 1.807) is 18.2 Å². The summed E-state index contributed by atoms with van der Waals surface area (Å²) in [6, 6.07) is 7.09. The van der Waals surface area contributed by atoms with Crippen LogP contribution in [-0.2, 0) is 0 Å². The summed E-state index contributed by atoms with van der Waals surface area (Å²) < 4.78 is 25.9. The van der Waals surface area contributed by atoms with Crippen LogP contribution in [0.3, 0.4) is 0 Å². The molecule has 1 aromatic rings. The van der Waals surface area contributed by atoms with E-state index in [9.17, 15) is 8.78 Å². The van der Waals surface area contributed by atoms with Crippen molar-refractivity contribution in [3.05, 3.63) is 47.5 Å². The van der Waals surface area contributed by atoms with E-state index in [0.717, 1.165) is 49.0 Å². The van der Waals surface area contributed by atoms with Crippen molar-refractivity contribution in [2.75, 3.05) is 0 Å². The lowest BCUT2D eigenvalue weighted by molar-refractivity contribution is 0.222. The third-order valence-electron chi connectivity index (χ3n) is 7.95. The molecule has 0 aromatic heterocycles. The van der Waals surface area contributed by atoms with E-state index < -0.39 is 0 Å². The number of nitriles is 1. The molecule has 2 aliphatic rings. The molecule has 3 rings (SSSR count). The Kier molecular flexibility index (Phi) is 10.0. The fourth-order valence-corrected chi connectivity index (χ4v) is 5.88. The van der Waals surface area contributed by atoms with Gasteiger partial charge in [-0.1, -0.05) is 69.9 Å². The zero-order chi connectivity index (χ0) is 21.9. The lowest BCUT2D eigenvalue weighted by Crippen LogP contribution is -2.18. The molecule has 0 amide bonds. The molecule has 2 fully saturated rings. The second kappa shape index (κ2) is 13.0. The lowest BCUT2D eigenvalue weighted by atomic mass is 9.74. The van der Waals surface area contributed by atoms with Crippen LogP contribution in [-0.4, -0.2) is 0 Å². The SMILES string of the molecule is N#Cc1ccc([C@H]2CC[C@H](CC[C@H]3CC[C@H](CCCCC/C=C/F)CC3)CC2)cc1F. The first-order valence-corrected chi connectivity index (χ1v) is 12.6. The summed E-state index contributed by atoms with van der Waals surface area (Å²) in [6.45, 7) is 0. The van der Waals surface area contributed by atoms with Crippen LogP contribution >= 0.6 is 0 Å². The molecule has 1 nitrogen and oxygen atoms in total. The van der Waals surface area contributed by atoms with Gasteiger partial charge in [0, 0.05) is 0 Å². The fourth-order valence-electron chi connectivity index (χ4n) is 5.88. The fraction of sp³-hybridized carbons (Fsp3) is 0.679. The quantitative estimate of drug-likeness (QED) is 0.342. The monoisotopic (exact) mass is 427 g/mol. The average molecular weight is 428 g/mol. The molecular formula is C28H39F2N. The van der Waals surface area contributed by atoms with Crippen LogP contribution in [0, 0.1) is 34.9 Å². The molecular weight excluding hydrogens is 388 g/mol. The zero-order valence-corrected chi connectivity index (χ0v) is 19.0. The van der Waals surface area contributed by atoms with Gasteiger partial charge in [-0.25, -0.2) is 8.78 Å². The normalized spacial score (nSPS) is 26.7. The van der Waals surface area contributed by atoms with Gasteiger partial charge in [0.25, 0.3) is 0 Å². The van der Waals surface area contributed by atoms with E-state index in [4.69, 9.17) is 5.26 Å². The van der Waals surface area contributed by atoms with Crippen molar-refractivity contribution < 1.29 is 8.78 Å². The van der Waals surface area contributed by atoms with Crippen molar-refractivity contribution in [3.8, 4) is 6.07 Å². The van der Waals surface area contributed by atoms with Gasteiger partial charge in [-0.15, -0.1) is 0 Å². The van der Waals surface area contributed by atoms with Gasteiger partial charge in [0.15, 0.2) is 0 Å². The van der Waals surface area contributed by atoms with Gasteiger partial charge in [-0.05, 0) is 79.9 Å². The first kappa shape index (κ1) is 24.0. The van der Waals surface area contributed by atoms with Gasteiger partial charge < -0.3 is 0 Å². The Hall–Kier alpha value is -1.69. The van der Waals surface area contributed by atoms with Gasteiger partial charge in [0.05, 0.1) is 11.9 Å². The molecule has 0 N–H and O–H groups in total. The van der Waals surface area contributed by atoms with E-state index in [1.165, 1.54) is 70.6 Å². The minimum Gasteiger partial charge on any atom is -0.216 e. The Bertz CT molecular complexity index is 719. The van der Waals surface area contributed by atoms with E-state index in [1.807, 2.05) is 12.1 Å². The summed E-state index contributed by atoms with van der Waals surface area (Å²) in [7, 11) is 0. The Morgan fingerprint density at radius 1 is 0.839 bits per heavy atom. The van der Waals surface area contributed by atoms with Crippen molar-refractivity contribution in [1.82, 2.24) is 0 Å². The van der Waals surface area contributed by atoms with Crippen molar-refractivity contribution in [1.29, 1.82) is 5.26 Å². The third-order valence-corrected chi connectivity index (χ3v) is 7.95. The maximum Gasteiger partial charge on any atom is 0.141 e. The number of rotatable bonds is 10. The van der Waals surface area contributed by atoms with Crippen LogP contribution in [0.2, 0.25) is 0 Å². The molecule has 2 saturated carbocycles. The first-order chi connectivity index (χ1) is 15.2. The molecule has 0 heterocycles. The molecule has 0 unspecified atom stereocenters. The largest absolute Gasteiger partial charge is 0.216 e. The maximum absolute atomic E-state index is 13.9. The highest BCUT2D eigenvalue weighted by atomic mass is 19.1. The number of benzene rings is 1. The summed E-state index contributed by atoms with van der Waals surface area (Å²) in [4.78, 5) is 0. The van der Waals surface area contributed by atoms with Crippen LogP contribution in [0.1, 0.15) is 113 Å². The highest BCUT2D eigenvalue weighted by molar-refractivity contribution is 5.34. The maximum atomic E-state index is 13.9. The Morgan fingerprint density at radius 2 is 1.45 bits per heavy atom. The van der Waals surface area contributed by atoms with Crippen LogP contribution in [0.4, 0.5) is 8.78 Å². The van der Waals surface area contributed by atoms with E-state index in [2.05, 4.69) is 0 Å². The molecule has 0 bridgehead atoms. The first-order valence-electron chi connectivity index (χ1n) is 12.6. The number of unbranched alkanes of at least 4 members (excludes halogenated alkanes) is 3. The summed E-state index contributed by atoms with van der Waals surface area (Å²) in [5.41, 5.74) is 1.23. The van der Waals surface area contributed by atoms with Gasteiger partial charge >= 0.3 is 0 Å². The van der Waals surface area contributed by atoms with Gasteiger partial charge in [-0.2, -0.15) is 5.26 Å². The molecule has 31 heavy (non-hydrogen) atoms. The molecule has 0 aliphatic heterocycles. The predicted octanol–water partition coefficient (Wildman–Crippen LogP) is 8.99. The van der Waals surface area contributed by atoms with E-state index in [-0.39, 0.29) is 11.4 Å². The minimum atomic E-state index is -0.369. The highest BCUT2D eigenvalue weighted by Gasteiger charge is 2.25. The summed E-state index contributed by atoms with van der Waals surface area (Å²) in [5.74, 6) is 2.79. The molecule has 0 radical (unpaired) electrons. The summed E-state index contributed by atoms with van der Waals surface area (Å²) in [5, 5.41) is 8.91. The van der Waals surface area contributed by atoms with E-state index in [0.29, 0.717) is 12.2 Å². The van der Waals surface area contributed by atoms with Gasteiger partial charge in [0.1, 0.15) is 11.9 Å². The second-order valence-corrected chi connectivity index (χ2v) is 10.0. The zero-order valence-electron chi connectivity index (χ0n) is 19.0. The van der Waals surface area contributed by atoms with Crippen LogP contribution in [0.25, 0.3) is 0 Å². The molecule has 1 aromatic carbocycles. The lowest BCUT2D eigenvalue weighted by Gasteiger charge is -2.32. The number of hydrogen-bond donors (Lipinski definition) is 0. The van der Waals surface area contributed by atoms with E-state index >= 15 is 0 Å². The number of allylic oxidation sites excluding steroid dienone is 1. The smallest absolute Gasteiger partial charge is 0.141 e. The van der Waals surface area contributed by atoms with Crippen molar-refractivity contribution >= 4 is 0 Å². The van der Waals surface area contributed by atoms with Crippen LogP contribution in [0.5, 0.6) is 0 Å². The Balaban J connectivity index is 1.28. The van der Waals surface area contributed by atoms with Crippen LogP contribution in [0.15, 0.2) is 30.6 Å². The summed E-state index contributed by atoms with van der Waals surface area (Å²) in [6.07, 6.45) is 21.5. The Morgan fingerprint density at radius 3 is 2.03 bits per heavy atom. The molecule has 170 valence electrons. The number of hydrogen-bond acceptors (Lipinski definition) is 1. The van der Waals surface area contributed by atoms with Gasteiger partial charge in [0.2, 0.25) is 0 Å². The molecule has 0 atom stereocenters. The van der Waals surface area contributed by atoms with Crippen LogP contribution < -0.4 is 0 Å². The standard InChI is InChI=1S/C28H39F2N/c29-19-5-3-1-2-4-6-22-7-9-23(10-8-22)11-12-24-13-15-25(16-14-24)26-17-18-27(21-31)28(30)20-26/h5,17-20,22-25H,1-4,6-16H2/b19-5+/t22-,23-,24-,25-. The third kappa shape index (κ3) is 7.74.